The molecule has 0 radical (unpaired) electrons. The normalized spacial score (nSPS) is 16.1. The molecule has 0 aliphatic carbocycles. The van der Waals surface area contributed by atoms with E-state index in [2.05, 4.69) is 30.2 Å². The summed E-state index contributed by atoms with van der Waals surface area (Å²) >= 11 is 0. The third-order valence-corrected chi connectivity index (χ3v) is 6.47. The Bertz CT molecular complexity index is 1180. The number of H-pyrrole nitrogens is 1. The summed E-state index contributed by atoms with van der Waals surface area (Å²) in [5, 5.41) is 13.1. The van der Waals surface area contributed by atoms with Gasteiger partial charge in [-0.25, -0.2) is 4.98 Å². The monoisotopic (exact) mass is 498 g/mol. The van der Waals surface area contributed by atoms with Gasteiger partial charge in [-0.15, -0.1) is 0 Å². The minimum Gasteiger partial charge on any atom is -0.496 e. The van der Waals surface area contributed by atoms with Crippen molar-refractivity contribution in [2.45, 2.75) is 44.8 Å². The third-order valence-electron chi connectivity index (χ3n) is 6.47. The summed E-state index contributed by atoms with van der Waals surface area (Å²) < 4.78 is 16.6. The number of nitrogens with one attached hydrogen (secondary N) is 2. The van der Waals surface area contributed by atoms with Gasteiger partial charge in [-0.1, -0.05) is 0 Å². The lowest BCUT2D eigenvalue weighted by atomic mass is 9.89. The Kier molecular flexibility index (Phi) is 8.21. The van der Waals surface area contributed by atoms with E-state index in [-0.39, 0.29) is 31.0 Å². The Morgan fingerprint density at radius 2 is 2.06 bits per heavy atom. The fourth-order valence-electron chi connectivity index (χ4n) is 4.32. The van der Waals surface area contributed by atoms with E-state index in [4.69, 9.17) is 14.2 Å². The van der Waals surface area contributed by atoms with Crippen molar-refractivity contribution in [3.63, 3.8) is 0 Å². The van der Waals surface area contributed by atoms with Crippen LogP contribution in [0.15, 0.2) is 24.5 Å². The highest BCUT2D eigenvalue weighted by Gasteiger charge is 2.26. The van der Waals surface area contributed by atoms with Crippen LogP contribution in [-0.4, -0.2) is 83.6 Å². The van der Waals surface area contributed by atoms with Crippen molar-refractivity contribution in [1.29, 1.82) is 0 Å². The van der Waals surface area contributed by atoms with Crippen molar-refractivity contribution < 1.29 is 24.1 Å². The van der Waals surface area contributed by atoms with E-state index in [0.29, 0.717) is 11.7 Å². The first kappa shape index (κ1) is 25.6. The minimum atomic E-state index is -0.396. The lowest BCUT2D eigenvalue weighted by molar-refractivity contribution is 0.0678. The first-order valence-corrected chi connectivity index (χ1v) is 12.1. The topological polar surface area (TPSA) is 135 Å². The summed E-state index contributed by atoms with van der Waals surface area (Å²) in [5.74, 6) is 1.39. The molecule has 11 heteroatoms. The molecule has 4 rings (SSSR count). The number of carbonyl (C=O) groups excluding carboxylic acids is 1. The fourth-order valence-corrected chi connectivity index (χ4v) is 4.32. The summed E-state index contributed by atoms with van der Waals surface area (Å²) in [6.07, 6.45) is 5.41. The van der Waals surface area contributed by atoms with Gasteiger partial charge in [0, 0.05) is 44.7 Å². The van der Waals surface area contributed by atoms with E-state index in [9.17, 15) is 9.90 Å². The molecule has 0 bridgehead atoms. The Morgan fingerprint density at radius 1 is 1.28 bits per heavy atom. The zero-order chi connectivity index (χ0) is 25.7. The van der Waals surface area contributed by atoms with Crippen LogP contribution >= 0.6 is 0 Å². The fraction of sp³-hybridized carbons (Fsp3) is 0.520. The molecule has 0 saturated carbocycles. The zero-order valence-electron chi connectivity index (χ0n) is 21.2. The highest BCUT2D eigenvalue weighted by Crippen LogP contribution is 2.37. The summed E-state index contributed by atoms with van der Waals surface area (Å²) in [5.41, 5.74) is 2.21. The van der Waals surface area contributed by atoms with Gasteiger partial charge in [0.05, 0.1) is 25.2 Å². The number of hydrogen-bond acceptors (Lipinski definition) is 9. The predicted molar refractivity (Wildman–Crippen MR) is 135 cm³/mol. The van der Waals surface area contributed by atoms with Crippen molar-refractivity contribution in [3.05, 3.63) is 35.8 Å². The number of methoxy groups -OCH3 is 2. The first-order valence-electron chi connectivity index (χ1n) is 12.1. The number of nitrogens with zero attached hydrogens (tertiary/aromatic N) is 4. The van der Waals surface area contributed by atoms with Crippen LogP contribution in [0.3, 0.4) is 0 Å². The summed E-state index contributed by atoms with van der Waals surface area (Å²) in [6, 6.07) is 3.27. The van der Waals surface area contributed by atoms with E-state index in [0.717, 1.165) is 42.7 Å². The SMILES string of the molecule is COc1ccnc2[nH]cc(C3CCN(c4cc(C(=O)N[C@H](C)CO)nc(OC[C@H](C)OC)n4)CC3)c12. The van der Waals surface area contributed by atoms with Crippen LogP contribution in [0.25, 0.3) is 11.0 Å². The Labute approximate surface area is 210 Å². The molecule has 3 aromatic heterocycles. The molecule has 0 spiro atoms. The highest BCUT2D eigenvalue weighted by atomic mass is 16.5. The average molecular weight is 499 g/mol. The molecule has 1 fully saturated rings. The van der Waals surface area contributed by atoms with Crippen molar-refractivity contribution in [1.82, 2.24) is 25.3 Å². The van der Waals surface area contributed by atoms with Crippen LogP contribution in [0.2, 0.25) is 0 Å². The van der Waals surface area contributed by atoms with Gasteiger partial charge in [0.25, 0.3) is 5.91 Å². The largest absolute Gasteiger partial charge is 0.496 e. The second-order valence-corrected chi connectivity index (χ2v) is 9.05. The number of aliphatic hydroxyl groups is 1. The maximum absolute atomic E-state index is 12.8. The molecule has 194 valence electrons. The third kappa shape index (κ3) is 5.68. The number of pyridine rings is 1. The van der Waals surface area contributed by atoms with Crippen LogP contribution in [-0.2, 0) is 4.74 Å². The number of hydrogen-bond donors (Lipinski definition) is 3. The number of aromatic nitrogens is 4. The van der Waals surface area contributed by atoms with Crippen molar-refractivity contribution in [2.75, 3.05) is 45.4 Å². The quantitative estimate of drug-likeness (QED) is 0.385. The molecule has 1 amide bonds. The average Bonchev–Trinajstić information content (AvgIpc) is 3.36. The van der Waals surface area contributed by atoms with E-state index in [1.165, 1.54) is 5.56 Å². The van der Waals surface area contributed by atoms with Gasteiger partial charge in [0.15, 0.2) is 0 Å². The van der Waals surface area contributed by atoms with Crippen molar-refractivity contribution in [3.8, 4) is 11.8 Å². The molecule has 0 aromatic carbocycles. The van der Waals surface area contributed by atoms with Crippen molar-refractivity contribution in [2.24, 2.45) is 0 Å². The van der Waals surface area contributed by atoms with Gasteiger partial charge < -0.3 is 34.5 Å². The molecule has 2 atom stereocenters. The number of amides is 1. The van der Waals surface area contributed by atoms with E-state index in [1.807, 2.05) is 19.2 Å². The summed E-state index contributed by atoms with van der Waals surface area (Å²) in [6.45, 7) is 5.18. The maximum atomic E-state index is 12.8. The Morgan fingerprint density at radius 3 is 2.75 bits per heavy atom. The molecule has 36 heavy (non-hydrogen) atoms. The number of carbonyl (C=O) groups is 1. The van der Waals surface area contributed by atoms with Crippen molar-refractivity contribution >= 4 is 22.8 Å². The van der Waals surface area contributed by atoms with Gasteiger partial charge in [0.1, 0.15) is 29.5 Å². The van der Waals surface area contributed by atoms with Gasteiger partial charge in [0.2, 0.25) is 0 Å². The van der Waals surface area contributed by atoms with Gasteiger partial charge in [-0.2, -0.15) is 9.97 Å². The number of fused-ring (bicyclic) bond motifs is 1. The van der Waals surface area contributed by atoms with Crippen LogP contribution in [0.5, 0.6) is 11.8 Å². The number of anilines is 1. The molecular formula is C25H34N6O5. The van der Waals surface area contributed by atoms with Crippen LogP contribution in [0.1, 0.15) is 48.7 Å². The Hall–Kier alpha value is -3.44. The molecule has 0 unspecified atom stereocenters. The lowest BCUT2D eigenvalue weighted by Gasteiger charge is -2.33. The van der Waals surface area contributed by atoms with E-state index >= 15 is 0 Å². The van der Waals surface area contributed by atoms with Crippen LogP contribution in [0.4, 0.5) is 5.82 Å². The molecule has 3 aromatic rings. The molecule has 1 aliphatic heterocycles. The first-order chi connectivity index (χ1) is 17.4. The number of rotatable bonds is 10. The summed E-state index contributed by atoms with van der Waals surface area (Å²) in [4.78, 5) is 31.5. The highest BCUT2D eigenvalue weighted by molar-refractivity contribution is 5.93. The molecule has 4 heterocycles. The molecule has 1 saturated heterocycles. The second kappa shape index (κ2) is 11.5. The Balaban J connectivity index is 1.53. The second-order valence-electron chi connectivity index (χ2n) is 9.05. The van der Waals surface area contributed by atoms with Gasteiger partial charge in [-0.3, -0.25) is 4.79 Å². The lowest BCUT2D eigenvalue weighted by Crippen LogP contribution is -2.36. The minimum absolute atomic E-state index is 0.118. The standard InChI is InChI=1S/C25H34N6O5/c1-15(13-32)28-24(33)19-11-21(30-25(29-19)36-14-16(2)34-3)31-9-6-17(7-10-31)18-12-27-23-22(18)20(35-4)5-8-26-23/h5,8,11-12,15-17,32H,6-7,9-10,13-14H2,1-4H3,(H,26,27)(H,28,33)/t15-,16+/m1/s1. The molecule has 3 N–H and O–H groups in total. The number of piperidine rings is 1. The number of aromatic amines is 1. The van der Waals surface area contributed by atoms with Gasteiger partial charge >= 0.3 is 6.01 Å². The van der Waals surface area contributed by atoms with Crippen LogP contribution < -0.4 is 19.7 Å². The van der Waals surface area contributed by atoms with Gasteiger partial charge in [-0.05, 0) is 44.2 Å². The number of aliphatic hydroxyl groups excluding tert-OH is 1. The maximum Gasteiger partial charge on any atom is 0.319 e. The van der Waals surface area contributed by atoms with Crippen LogP contribution in [0, 0.1) is 0 Å². The van der Waals surface area contributed by atoms with E-state index < -0.39 is 11.9 Å². The summed E-state index contributed by atoms with van der Waals surface area (Å²) in [7, 11) is 3.27. The molecule has 1 aliphatic rings. The van der Waals surface area contributed by atoms with E-state index in [1.54, 1.807) is 33.4 Å². The molecule has 11 nitrogen and oxygen atoms in total. The molecular weight excluding hydrogens is 464 g/mol. The number of ether oxygens (including phenoxy) is 3. The predicted octanol–water partition coefficient (Wildman–Crippen LogP) is 2.27. The zero-order valence-corrected chi connectivity index (χ0v) is 21.2. The smallest absolute Gasteiger partial charge is 0.319 e.